The van der Waals surface area contributed by atoms with Crippen LogP contribution in [-0.4, -0.2) is 19.9 Å². The highest BCUT2D eigenvalue weighted by atomic mass is 32.1. The molecule has 1 N–H and O–H groups in total. The fourth-order valence-electron chi connectivity index (χ4n) is 1.44. The third kappa shape index (κ3) is 2.50. The highest BCUT2D eigenvalue weighted by molar-refractivity contribution is 7.15. The number of hydrogen-bond acceptors (Lipinski definition) is 7. The first-order valence-corrected chi connectivity index (χ1v) is 5.81. The van der Waals surface area contributed by atoms with Gasteiger partial charge in [-0.3, -0.25) is 20.2 Å². The first-order valence-electron chi connectivity index (χ1n) is 4.99. The van der Waals surface area contributed by atoms with E-state index in [1.807, 2.05) is 0 Å². The van der Waals surface area contributed by atoms with Gasteiger partial charge in [0.25, 0.3) is 11.4 Å². The molecule has 0 saturated carbocycles. The van der Waals surface area contributed by atoms with Crippen LogP contribution >= 0.6 is 11.3 Å². The smallest absolute Gasteiger partial charge is 0.277 e. The lowest BCUT2D eigenvalue weighted by atomic mass is 10.2. The standard InChI is InChI=1S/C10H7N3O5S/c1-5-9(14)11-10(19-5)6-2-7(12(15)16)4-8(3-6)13(17)18/h2-4,14H,1H3. The van der Waals surface area contributed by atoms with Gasteiger partial charge in [-0.1, -0.05) is 0 Å². The molecule has 0 atom stereocenters. The van der Waals surface area contributed by atoms with Gasteiger partial charge in [0.2, 0.25) is 5.88 Å². The van der Waals surface area contributed by atoms with Gasteiger partial charge in [0.05, 0.1) is 20.8 Å². The minimum Gasteiger partial charge on any atom is -0.492 e. The van der Waals surface area contributed by atoms with Gasteiger partial charge in [0, 0.05) is 17.7 Å². The average molecular weight is 281 g/mol. The Balaban J connectivity index is 2.62. The number of nitro benzene ring substituents is 2. The molecule has 8 nitrogen and oxygen atoms in total. The molecule has 0 fully saturated rings. The fourth-order valence-corrected chi connectivity index (χ4v) is 2.24. The van der Waals surface area contributed by atoms with Crippen LogP contribution in [0.2, 0.25) is 0 Å². The van der Waals surface area contributed by atoms with Crippen LogP contribution in [0.15, 0.2) is 18.2 Å². The molecule has 0 aliphatic carbocycles. The third-order valence-corrected chi connectivity index (χ3v) is 3.35. The topological polar surface area (TPSA) is 119 Å². The molecule has 1 aromatic carbocycles. The van der Waals surface area contributed by atoms with Gasteiger partial charge in [-0.25, -0.2) is 4.98 Å². The first kappa shape index (κ1) is 12.9. The largest absolute Gasteiger partial charge is 0.492 e. The van der Waals surface area contributed by atoms with E-state index in [2.05, 4.69) is 4.98 Å². The minimum atomic E-state index is -0.711. The molecule has 0 amide bonds. The second kappa shape index (κ2) is 4.61. The van der Waals surface area contributed by atoms with Crippen molar-refractivity contribution in [1.82, 2.24) is 4.98 Å². The number of benzene rings is 1. The summed E-state index contributed by atoms with van der Waals surface area (Å²) in [6, 6.07) is 3.25. The number of aromatic hydroxyl groups is 1. The number of non-ortho nitro benzene ring substituents is 2. The molecule has 1 heterocycles. The molecule has 0 bridgehead atoms. The van der Waals surface area contributed by atoms with Crippen molar-refractivity contribution in [2.75, 3.05) is 0 Å². The predicted molar refractivity (Wildman–Crippen MR) is 67.3 cm³/mol. The lowest BCUT2D eigenvalue weighted by molar-refractivity contribution is -0.394. The zero-order chi connectivity index (χ0) is 14.2. The first-order chi connectivity index (χ1) is 8.88. The quantitative estimate of drug-likeness (QED) is 0.682. The predicted octanol–water partition coefficient (Wildman–Crippen LogP) is 2.64. The highest BCUT2D eigenvalue weighted by Crippen LogP contribution is 2.35. The van der Waals surface area contributed by atoms with Crippen LogP contribution in [-0.2, 0) is 0 Å². The fraction of sp³-hybridized carbons (Fsp3) is 0.100. The summed E-state index contributed by atoms with van der Waals surface area (Å²) < 4.78 is 0. The van der Waals surface area contributed by atoms with Crippen LogP contribution in [0.25, 0.3) is 10.6 Å². The summed E-state index contributed by atoms with van der Waals surface area (Å²) in [4.78, 5) is 24.4. The van der Waals surface area contributed by atoms with Crippen LogP contribution in [0.3, 0.4) is 0 Å². The average Bonchev–Trinajstić information content (AvgIpc) is 2.69. The number of aromatic nitrogens is 1. The monoisotopic (exact) mass is 281 g/mol. The lowest BCUT2D eigenvalue weighted by Crippen LogP contribution is -1.93. The van der Waals surface area contributed by atoms with Crippen LogP contribution < -0.4 is 0 Å². The van der Waals surface area contributed by atoms with E-state index in [0.717, 1.165) is 17.4 Å². The van der Waals surface area contributed by atoms with E-state index in [0.29, 0.717) is 9.88 Å². The summed E-state index contributed by atoms with van der Waals surface area (Å²) in [5.41, 5.74) is -0.553. The summed E-state index contributed by atoms with van der Waals surface area (Å²) in [7, 11) is 0. The van der Waals surface area contributed by atoms with E-state index in [-0.39, 0.29) is 11.4 Å². The number of thiazole rings is 1. The van der Waals surface area contributed by atoms with E-state index in [4.69, 9.17) is 0 Å². The highest BCUT2D eigenvalue weighted by Gasteiger charge is 2.19. The van der Waals surface area contributed by atoms with E-state index in [1.165, 1.54) is 12.1 Å². The second-order valence-electron chi connectivity index (χ2n) is 3.65. The van der Waals surface area contributed by atoms with Crippen LogP contribution in [0.5, 0.6) is 5.88 Å². The molecule has 0 aliphatic heterocycles. The Kier molecular flexibility index (Phi) is 3.13. The Morgan fingerprint density at radius 3 is 2.05 bits per heavy atom. The van der Waals surface area contributed by atoms with Crippen molar-refractivity contribution in [2.45, 2.75) is 6.92 Å². The maximum Gasteiger partial charge on any atom is 0.277 e. The minimum absolute atomic E-state index is 0.186. The second-order valence-corrected chi connectivity index (χ2v) is 4.85. The van der Waals surface area contributed by atoms with Crippen LogP contribution in [0, 0.1) is 27.2 Å². The summed E-state index contributed by atoms with van der Waals surface area (Å²) in [6.45, 7) is 1.63. The van der Waals surface area contributed by atoms with Crippen molar-refractivity contribution in [3.8, 4) is 16.5 Å². The van der Waals surface area contributed by atoms with Gasteiger partial charge in [-0.15, -0.1) is 11.3 Å². The van der Waals surface area contributed by atoms with Gasteiger partial charge in [-0.05, 0) is 6.92 Å². The number of rotatable bonds is 3. The number of nitrogens with zero attached hydrogens (tertiary/aromatic N) is 3. The molecule has 0 aliphatic rings. The Morgan fingerprint density at radius 1 is 1.16 bits per heavy atom. The molecule has 2 aromatic rings. The van der Waals surface area contributed by atoms with Crippen molar-refractivity contribution in [2.24, 2.45) is 0 Å². The Labute approximate surface area is 110 Å². The van der Waals surface area contributed by atoms with Gasteiger partial charge in [0.1, 0.15) is 5.01 Å². The van der Waals surface area contributed by atoms with E-state index < -0.39 is 21.2 Å². The zero-order valence-electron chi connectivity index (χ0n) is 9.56. The Hall–Kier alpha value is -2.55. The van der Waals surface area contributed by atoms with E-state index >= 15 is 0 Å². The van der Waals surface area contributed by atoms with E-state index in [1.54, 1.807) is 6.92 Å². The molecule has 0 unspecified atom stereocenters. The van der Waals surface area contributed by atoms with Crippen molar-refractivity contribution in [3.05, 3.63) is 43.3 Å². The maximum atomic E-state index is 10.7. The van der Waals surface area contributed by atoms with Gasteiger partial charge in [-0.2, -0.15) is 0 Å². The Morgan fingerprint density at radius 2 is 1.68 bits per heavy atom. The lowest BCUT2D eigenvalue weighted by Gasteiger charge is -1.98. The molecule has 1 aromatic heterocycles. The number of hydrogen-bond donors (Lipinski definition) is 1. The van der Waals surface area contributed by atoms with Crippen molar-refractivity contribution < 1.29 is 15.0 Å². The molecule has 2 rings (SSSR count). The molecule has 9 heteroatoms. The molecule has 0 spiro atoms. The zero-order valence-corrected chi connectivity index (χ0v) is 10.4. The van der Waals surface area contributed by atoms with Crippen LogP contribution in [0.4, 0.5) is 11.4 Å². The van der Waals surface area contributed by atoms with Crippen molar-refractivity contribution in [3.63, 3.8) is 0 Å². The van der Waals surface area contributed by atoms with Crippen LogP contribution in [0.1, 0.15) is 4.88 Å². The molecular weight excluding hydrogens is 274 g/mol. The Bertz CT molecular complexity index is 630. The number of aryl methyl sites for hydroxylation is 1. The normalized spacial score (nSPS) is 10.4. The van der Waals surface area contributed by atoms with Gasteiger partial charge >= 0.3 is 0 Å². The number of nitro groups is 2. The van der Waals surface area contributed by atoms with E-state index in [9.17, 15) is 25.3 Å². The molecule has 19 heavy (non-hydrogen) atoms. The summed E-state index contributed by atoms with van der Waals surface area (Å²) >= 11 is 1.10. The van der Waals surface area contributed by atoms with Gasteiger partial charge < -0.3 is 5.11 Å². The molecule has 0 saturated heterocycles. The third-order valence-electron chi connectivity index (χ3n) is 2.34. The molecule has 0 radical (unpaired) electrons. The van der Waals surface area contributed by atoms with Gasteiger partial charge in [0.15, 0.2) is 0 Å². The summed E-state index contributed by atoms with van der Waals surface area (Å²) in [5.74, 6) is -0.186. The molecular formula is C10H7N3O5S. The molecule has 98 valence electrons. The summed E-state index contributed by atoms with van der Waals surface area (Å²) in [6.07, 6.45) is 0. The van der Waals surface area contributed by atoms with Crippen molar-refractivity contribution in [1.29, 1.82) is 0 Å². The van der Waals surface area contributed by atoms with Crippen molar-refractivity contribution >= 4 is 22.7 Å². The maximum absolute atomic E-state index is 10.7. The summed E-state index contributed by atoms with van der Waals surface area (Å²) in [5, 5.41) is 31.2. The SMILES string of the molecule is Cc1sc(-c2cc([N+](=O)[O-])cc([N+](=O)[O-])c2)nc1O.